The molecular weight excluding hydrogens is 274 g/mol. The highest BCUT2D eigenvalue weighted by atomic mass is 35.5. The van der Waals surface area contributed by atoms with Crippen molar-refractivity contribution in [1.29, 1.82) is 0 Å². The van der Waals surface area contributed by atoms with Gasteiger partial charge in [0.05, 0.1) is 4.92 Å². The topological polar surface area (TPSA) is 94.4 Å². The zero-order valence-corrected chi connectivity index (χ0v) is 10.9. The predicted octanol–water partition coefficient (Wildman–Crippen LogP) is 2.01. The van der Waals surface area contributed by atoms with E-state index in [1.54, 1.807) is 0 Å². The zero-order chi connectivity index (χ0) is 14.0. The number of carbonyl (C=O) groups is 1. The van der Waals surface area contributed by atoms with Crippen molar-refractivity contribution in [3.63, 3.8) is 0 Å². The first kappa shape index (κ1) is 13.7. The van der Waals surface area contributed by atoms with Gasteiger partial charge in [0.15, 0.2) is 0 Å². The van der Waals surface area contributed by atoms with Gasteiger partial charge >= 0.3 is 5.69 Å². The highest BCUT2D eigenvalue weighted by Crippen LogP contribution is 2.26. The molecule has 1 saturated heterocycles. The van der Waals surface area contributed by atoms with Gasteiger partial charge in [0.1, 0.15) is 11.3 Å². The molecule has 1 aromatic heterocycles. The molecule has 1 aliphatic heterocycles. The van der Waals surface area contributed by atoms with Crippen molar-refractivity contribution in [2.75, 3.05) is 11.9 Å². The van der Waals surface area contributed by atoms with Gasteiger partial charge in [-0.25, -0.2) is 4.98 Å². The minimum Gasteiger partial charge on any atom is -0.368 e. The zero-order valence-electron chi connectivity index (χ0n) is 10.1. The summed E-state index contributed by atoms with van der Waals surface area (Å²) in [7, 11) is 0. The quantitative estimate of drug-likeness (QED) is 0.521. The minimum absolute atomic E-state index is 0.0678. The number of nitro groups is 1. The number of nitrogens with zero attached hydrogens (tertiary/aromatic N) is 2. The minimum atomic E-state index is -0.627. The second kappa shape index (κ2) is 5.50. The molecule has 0 bridgehead atoms. The maximum atomic E-state index is 12.0. The summed E-state index contributed by atoms with van der Waals surface area (Å²) in [5.74, 6) is -0.536. The number of hydrogen-bond donors (Lipinski definition) is 1. The van der Waals surface area contributed by atoms with Gasteiger partial charge in [0, 0.05) is 12.7 Å². The highest BCUT2D eigenvalue weighted by Gasteiger charge is 2.32. The fourth-order valence-corrected chi connectivity index (χ4v) is 2.03. The molecule has 2 rings (SSSR count). The van der Waals surface area contributed by atoms with Crippen molar-refractivity contribution in [2.24, 2.45) is 5.92 Å². The van der Waals surface area contributed by atoms with E-state index in [2.05, 4.69) is 10.3 Å². The average molecular weight is 286 g/mol. The second-order valence-electron chi connectivity index (χ2n) is 4.31. The molecule has 1 amide bonds. The molecule has 8 heteroatoms. The standard InChI is InChI=1S/C11H12ClN3O4/c1-6-4-5-19-9(6)11(16)14-10-7(15(17)18)2-3-8(12)13-10/h2-3,6,9H,4-5H2,1H3,(H,13,14,16). The largest absolute Gasteiger partial charge is 0.368 e. The first-order chi connectivity index (χ1) is 8.99. The first-order valence-electron chi connectivity index (χ1n) is 5.72. The van der Waals surface area contributed by atoms with Crippen molar-refractivity contribution >= 4 is 29.0 Å². The van der Waals surface area contributed by atoms with Crippen LogP contribution in [0.4, 0.5) is 11.5 Å². The molecule has 0 aromatic carbocycles. The van der Waals surface area contributed by atoms with Crippen molar-refractivity contribution in [2.45, 2.75) is 19.4 Å². The summed E-state index contributed by atoms with van der Waals surface area (Å²) >= 11 is 5.68. The molecule has 1 aromatic rings. The number of aromatic nitrogens is 1. The third-order valence-electron chi connectivity index (χ3n) is 2.92. The van der Waals surface area contributed by atoms with E-state index >= 15 is 0 Å². The SMILES string of the molecule is CC1CCOC1C(=O)Nc1nc(Cl)ccc1[N+](=O)[O-]. The number of carbonyl (C=O) groups excluding carboxylic acids is 1. The average Bonchev–Trinajstić information content (AvgIpc) is 2.75. The Hall–Kier alpha value is -1.73. The van der Waals surface area contributed by atoms with E-state index < -0.39 is 16.9 Å². The normalized spacial score (nSPS) is 22.2. The number of ether oxygens (including phenoxy) is 1. The van der Waals surface area contributed by atoms with Crippen LogP contribution in [0.3, 0.4) is 0 Å². The Morgan fingerprint density at radius 3 is 2.95 bits per heavy atom. The lowest BCUT2D eigenvalue weighted by Gasteiger charge is -2.13. The molecule has 1 N–H and O–H groups in total. The van der Waals surface area contributed by atoms with E-state index in [4.69, 9.17) is 16.3 Å². The molecule has 7 nitrogen and oxygen atoms in total. The molecule has 1 aliphatic rings. The van der Waals surface area contributed by atoms with E-state index in [9.17, 15) is 14.9 Å². The number of amides is 1. The van der Waals surface area contributed by atoms with Crippen LogP contribution in [0.25, 0.3) is 0 Å². The molecule has 1 fully saturated rings. The lowest BCUT2D eigenvalue weighted by molar-refractivity contribution is -0.384. The molecule has 2 unspecified atom stereocenters. The molecule has 2 heterocycles. The Kier molecular flexibility index (Phi) is 3.96. The summed E-state index contributed by atoms with van der Waals surface area (Å²) in [6.45, 7) is 2.39. The van der Waals surface area contributed by atoms with E-state index in [-0.39, 0.29) is 22.6 Å². The van der Waals surface area contributed by atoms with Gasteiger partial charge in [-0.3, -0.25) is 14.9 Å². The molecule has 19 heavy (non-hydrogen) atoms. The Morgan fingerprint density at radius 2 is 2.37 bits per heavy atom. The maximum Gasteiger partial charge on any atom is 0.311 e. The monoisotopic (exact) mass is 285 g/mol. The summed E-state index contributed by atoms with van der Waals surface area (Å²) in [5, 5.41) is 13.3. The summed E-state index contributed by atoms with van der Waals surface area (Å²) in [5.41, 5.74) is -0.302. The van der Waals surface area contributed by atoms with Gasteiger partial charge in [-0.2, -0.15) is 0 Å². The number of halogens is 1. The summed E-state index contributed by atoms with van der Waals surface area (Å²) < 4.78 is 5.29. The third-order valence-corrected chi connectivity index (χ3v) is 3.13. The number of anilines is 1. The van der Waals surface area contributed by atoms with Crippen LogP contribution in [0.15, 0.2) is 12.1 Å². The second-order valence-corrected chi connectivity index (χ2v) is 4.69. The van der Waals surface area contributed by atoms with Crippen LogP contribution in [0.2, 0.25) is 5.15 Å². The van der Waals surface area contributed by atoms with E-state index in [1.165, 1.54) is 12.1 Å². The lowest BCUT2D eigenvalue weighted by atomic mass is 10.0. The van der Waals surface area contributed by atoms with Gasteiger partial charge in [0.2, 0.25) is 5.82 Å². The molecule has 2 atom stereocenters. The summed E-state index contributed by atoms with van der Waals surface area (Å²) in [6.07, 6.45) is 0.170. The Bertz CT molecular complexity index is 523. The Morgan fingerprint density at radius 1 is 1.63 bits per heavy atom. The number of rotatable bonds is 3. The molecule has 0 saturated carbocycles. The lowest BCUT2D eigenvalue weighted by Crippen LogP contribution is -2.31. The molecule has 0 aliphatic carbocycles. The van der Waals surface area contributed by atoms with E-state index in [0.717, 1.165) is 6.42 Å². The van der Waals surface area contributed by atoms with Crippen molar-refractivity contribution < 1.29 is 14.5 Å². The summed E-state index contributed by atoms with van der Waals surface area (Å²) in [4.78, 5) is 25.9. The number of pyridine rings is 1. The Labute approximate surface area is 114 Å². The molecule has 0 radical (unpaired) electrons. The van der Waals surface area contributed by atoms with Crippen LogP contribution in [0.5, 0.6) is 0 Å². The van der Waals surface area contributed by atoms with E-state index in [0.29, 0.717) is 6.61 Å². The van der Waals surface area contributed by atoms with Crippen LogP contribution < -0.4 is 5.32 Å². The highest BCUT2D eigenvalue weighted by molar-refractivity contribution is 6.29. The molecule has 102 valence electrons. The molecular formula is C11H12ClN3O4. The fraction of sp³-hybridized carbons (Fsp3) is 0.455. The number of nitrogens with one attached hydrogen (secondary N) is 1. The van der Waals surface area contributed by atoms with Crippen LogP contribution >= 0.6 is 11.6 Å². The van der Waals surface area contributed by atoms with Gasteiger partial charge in [0.25, 0.3) is 5.91 Å². The van der Waals surface area contributed by atoms with Crippen LogP contribution in [0.1, 0.15) is 13.3 Å². The van der Waals surface area contributed by atoms with Crippen LogP contribution in [-0.4, -0.2) is 28.5 Å². The number of hydrogen-bond acceptors (Lipinski definition) is 5. The van der Waals surface area contributed by atoms with Gasteiger partial charge < -0.3 is 10.1 Å². The fourth-order valence-electron chi connectivity index (χ4n) is 1.89. The van der Waals surface area contributed by atoms with E-state index in [1.807, 2.05) is 6.92 Å². The van der Waals surface area contributed by atoms with Gasteiger partial charge in [-0.1, -0.05) is 18.5 Å². The van der Waals surface area contributed by atoms with Gasteiger partial charge in [-0.05, 0) is 18.4 Å². The van der Waals surface area contributed by atoms with Crippen molar-refractivity contribution in [3.05, 3.63) is 27.4 Å². The third kappa shape index (κ3) is 2.99. The predicted molar refractivity (Wildman–Crippen MR) is 68.1 cm³/mol. The molecule has 0 spiro atoms. The van der Waals surface area contributed by atoms with Crippen LogP contribution in [-0.2, 0) is 9.53 Å². The summed E-state index contributed by atoms with van der Waals surface area (Å²) in [6, 6.07) is 2.49. The first-order valence-corrected chi connectivity index (χ1v) is 6.10. The van der Waals surface area contributed by atoms with Crippen molar-refractivity contribution in [3.8, 4) is 0 Å². The van der Waals surface area contributed by atoms with Crippen LogP contribution in [0, 0.1) is 16.0 Å². The Balaban J connectivity index is 2.20. The smallest absolute Gasteiger partial charge is 0.311 e. The maximum absolute atomic E-state index is 12.0. The van der Waals surface area contributed by atoms with Crippen molar-refractivity contribution in [1.82, 2.24) is 4.98 Å². The van der Waals surface area contributed by atoms with Gasteiger partial charge in [-0.15, -0.1) is 0 Å².